The Morgan fingerprint density at radius 1 is 1.17 bits per heavy atom. The zero-order valence-electron chi connectivity index (χ0n) is 9.29. The van der Waals surface area contributed by atoms with Gasteiger partial charge in [0.25, 0.3) is 0 Å². The van der Waals surface area contributed by atoms with Crippen LogP contribution >= 0.6 is 11.3 Å². The molecule has 0 amide bonds. The fourth-order valence-corrected chi connectivity index (χ4v) is 2.46. The Morgan fingerprint density at radius 3 is 2.67 bits per heavy atom. The van der Waals surface area contributed by atoms with Crippen molar-refractivity contribution in [2.75, 3.05) is 5.73 Å². The largest absolute Gasteiger partial charge is 0.375 e. The van der Waals surface area contributed by atoms with Gasteiger partial charge in [-0.05, 0) is 23.8 Å². The van der Waals surface area contributed by atoms with Crippen LogP contribution in [0.1, 0.15) is 5.56 Å². The van der Waals surface area contributed by atoms with E-state index in [-0.39, 0.29) is 0 Å². The van der Waals surface area contributed by atoms with Crippen molar-refractivity contribution in [2.24, 2.45) is 0 Å². The number of aromatic nitrogens is 2. The SMILES string of the molecule is N#Cc1ccc(-c2cnc3nc(N)sc3c2)cc1. The molecule has 1 aromatic carbocycles. The molecule has 5 heteroatoms. The Balaban J connectivity index is 2.10. The van der Waals surface area contributed by atoms with Gasteiger partial charge in [-0.3, -0.25) is 0 Å². The predicted octanol–water partition coefficient (Wildman–Crippen LogP) is 2.81. The molecule has 3 rings (SSSR count). The molecule has 4 nitrogen and oxygen atoms in total. The van der Waals surface area contributed by atoms with E-state index in [9.17, 15) is 0 Å². The molecule has 0 bridgehead atoms. The van der Waals surface area contributed by atoms with Crippen molar-refractivity contribution in [3.8, 4) is 17.2 Å². The topological polar surface area (TPSA) is 75.6 Å². The summed E-state index contributed by atoms with van der Waals surface area (Å²) in [4.78, 5) is 8.39. The van der Waals surface area contributed by atoms with Gasteiger partial charge >= 0.3 is 0 Å². The first-order valence-corrected chi connectivity index (χ1v) is 6.10. The van der Waals surface area contributed by atoms with Crippen LogP contribution in [0.25, 0.3) is 21.5 Å². The van der Waals surface area contributed by atoms with Crippen LogP contribution < -0.4 is 5.73 Å². The maximum absolute atomic E-state index is 8.76. The van der Waals surface area contributed by atoms with E-state index in [0.717, 1.165) is 15.8 Å². The fraction of sp³-hybridized carbons (Fsp3) is 0. The lowest BCUT2D eigenvalue weighted by Crippen LogP contribution is -1.83. The van der Waals surface area contributed by atoms with Gasteiger partial charge in [0.2, 0.25) is 0 Å². The van der Waals surface area contributed by atoms with Crippen LogP contribution in [-0.2, 0) is 0 Å². The Labute approximate surface area is 107 Å². The van der Waals surface area contributed by atoms with Crippen LogP contribution in [-0.4, -0.2) is 9.97 Å². The van der Waals surface area contributed by atoms with Gasteiger partial charge in [0.15, 0.2) is 10.8 Å². The number of anilines is 1. The van der Waals surface area contributed by atoms with Crippen molar-refractivity contribution >= 4 is 26.8 Å². The molecule has 0 unspecified atom stereocenters. The van der Waals surface area contributed by atoms with Gasteiger partial charge in [-0.1, -0.05) is 23.5 Å². The van der Waals surface area contributed by atoms with E-state index in [2.05, 4.69) is 16.0 Å². The molecule has 0 atom stereocenters. The number of nitrogens with zero attached hydrogens (tertiary/aromatic N) is 3. The summed E-state index contributed by atoms with van der Waals surface area (Å²) in [6.07, 6.45) is 1.77. The number of nitriles is 1. The first-order chi connectivity index (χ1) is 8.76. The minimum Gasteiger partial charge on any atom is -0.375 e. The highest BCUT2D eigenvalue weighted by Gasteiger charge is 2.05. The van der Waals surface area contributed by atoms with E-state index in [0.29, 0.717) is 16.3 Å². The normalized spacial score (nSPS) is 10.4. The van der Waals surface area contributed by atoms with E-state index in [1.54, 1.807) is 18.3 Å². The Bertz CT molecular complexity index is 753. The summed E-state index contributed by atoms with van der Waals surface area (Å²) in [5.41, 5.74) is 8.99. The zero-order chi connectivity index (χ0) is 12.5. The molecule has 2 N–H and O–H groups in total. The molecule has 0 aliphatic carbocycles. The minimum atomic E-state index is 0.523. The first kappa shape index (κ1) is 10.7. The number of pyridine rings is 1. The molecule has 0 spiro atoms. The van der Waals surface area contributed by atoms with Gasteiger partial charge in [0, 0.05) is 11.8 Å². The van der Waals surface area contributed by atoms with Gasteiger partial charge in [0.05, 0.1) is 16.3 Å². The summed E-state index contributed by atoms with van der Waals surface area (Å²) in [5.74, 6) is 0. The smallest absolute Gasteiger partial charge is 0.182 e. The van der Waals surface area contributed by atoms with E-state index >= 15 is 0 Å². The van der Waals surface area contributed by atoms with Crippen LogP contribution in [0, 0.1) is 11.3 Å². The molecule has 3 aromatic rings. The van der Waals surface area contributed by atoms with Crippen molar-refractivity contribution in [3.05, 3.63) is 42.1 Å². The number of benzene rings is 1. The van der Waals surface area contributed by atoms with Crippen LogP contribution in [0.2, 0.25) is 0 Å². The third-order valence-electron chi connectivity index (χ3n) is 2.61. The van der Waals surface area contributed by atoms with Crippen molar-refractivity contribution in [2.45, 2.75) is 0 Å². The monoisotopic (exact) mass is 252 g/mol. The number of rotatable bonds is 1. The second-order valence-corrected chi connectivity index (χ2v) is 4.85. The second kappa shape index (κ2) is 4.09. The summed E-state index contributed by atoms with van der Waals surface area (Å²) in [6.45, 7) is 0. The molecule has 0 saturated heterocycles. The number of thiazole rings is 1. The standard InChI is InChI=1S/C13H8N4S/c14-6-8-1-3-9(4-2-8)10-5-11-12(16-7-10)17-13(15)18-11/h1-5,7H,(H2,15,16,17). The number of hydrogen-bond acceptors (Lipinski definition) is 5. The fourth-order valence-electron chi connectivity index (χ4n) is 1.73. The maximum atomic E-state index is 8.76. The quantitative estimate of drug-likeness (QED) is 0.722. The van der Waals surface area contributed by atoms with Gasteiger partial charge in [-0.25, -0.2) is 9.97 Å². The van der Waals surface area contributed by atoms with E-state index in [1.165, 1.54) is 11.3 Å². The third kappa shape index (κ3) is 1.79. The molecule has 86 valence electrons. The highest BCUT2D eigenvalue weighted by Crippen LogP contribution is 2.27. The van der Waals surface area contributed by atoms with Crippen molar-refractivity contribution in [3.63, 3.8) is 0 Å². The van der Waals surface area contributed by atoms with E-state index < -0.39 is 0 Å². The summed E-state index contributed by atoms with van der Waals surface area (Å²) in [6, 6.07) is 11.5. The van der Waals surface area contributed by atoms with Gasteiger partial charge in [0.1, 0.15) is 0 Å². The second-order valence-electron chi connectivity index (χ2n) is 3.79. The molecule has 0 saturated carbocycles. The van der Waals surface area contributed by atoms with E-state index in [4.69, 9.17) is 11.0 Å². The summed E-state index contributed by atoms with van der Waals surface area (Å²) >= 11 is 1.42. The Hall–Kier alpha value is -2.45. The van der Waals surface area contributed by atoms with Gasteiger partial charge < -0.3 is 5.73 Å². The lowest BCUT2D eigenvalue weighted by Gasteiger charge is -2.00. The van der Waals surface area contributed by atoms with Crippen LogP contribution in [0.15, 0.2) is 36.5 Å². The highest BCUT2D eigenvalue weighted by atomic mass is 32.1. The van der Waals surface area contributed by atoms with Crippen molar-refractivity contribution in [1.29, 1.82) is 5.26 Å². The number of fused-ring (bicyclic) bond motifs is 1. The molecular formula is C13H8N4S. The van der Waals surface area contributed by atoms with E-state index in [1.807, 2.05) is 18.2 Å². The molecule has 2 aromatic heterocycles. The Morgan fingerprint density at radius 2 is 1.94 bits per heavy atom. The molecule has 0 aliphatic heterocycles. The summed E-state index contributed by atoms with van der Waals surface area (Å²) in [5, 5.41) is 9.28. The predicted molar refractivity (Wildman–Crippen MR) is 72.0 cm³/mol. The molecule has 0 radical (unpaired) electrons. The highest BCUT2D eigenvalue weighted by molar-refractivity contribution is 7.22. The number of nitrogen functional groups attached to an aromatic ring is 1. The average Bonchev–Trinajstić information content (AvgIpc) is 2.78. The van der Waals surface area contributed by atoms with Crippen LogP contribution in [0.5, 0.6) is 0 Å². The maximum Gasteiger partial charge on any atom is 0.182 e. The number of hydrogen-bond donors (Lipinski definition) is 1. The summed E-state index contributed by atoms with van der Waals surface area (Å²) < 4.78 is 0.967. The molecule has 0 fully saturated rings. The minimum absolute atomic E-state index is 0.523. The molecule has 2 heterocycles. The lowest BCUT2D eigenvalue weighted by molar-refractivity contribution is 1.33. The van der Waals surface area contributed by atoms with Crippen LogP contribution in [0.3, 0.4) is 0 Å². The first-order valence-electron chi connectivity index (χ1n) is 5.29. The zero-order valence-corrected chi connectivity index (χ0v) is 10.1. The molecule has 0 aliphatic rings. The van der Waals surface area contributed by atoms with Crippen molar-refractivity contribution in [1.82, 2.24) is 9.97 Å². The lowest BCUT2D eigenvalue weighted by atomic mass is 10.1. The number of nitrogens with two attached hydrogens (primary N) is 1. The molecular weight excluding hydrogens is 244 g/mol. The van der Waals surface area contributed by atoms with Crippen molar-refractivity contribution < 1.29 is 0 Å². The summed E-state index contributed by atoms with van der Waals surface area (Å²) in [7, 11) is 0. The molecule has 18 heavy (non-hydrogen) atoms. The average molecular weight is 252 g/mol. The third-order valence-corrected chi connectivity index (χ3v) is 3.43. The van der Waals surface area contributed by atoms with Gasteiger partial charge in [-0.2, -0.15) is 5.26 Å². The van der Waals surface area contributed by atoms with Crippen LogP contribution in [0.4, 0.5) is 5.13 Å². The van der Waals surface area contributed by atoms with Gasteiger partial charge in [-0.15, -0.1) is 0 Å². The Kier molecular flexibility index (Phi) is 2.43.